The van der Waals surface area contributed by atoms with Gasteiger partial charge in [-0.3, -0.25) is 0 Å². The molecule has 0 amide bonds. The lowest BCUT2D eigenvalue weighted by atomic mass is 10.2. The van der Waals surface area contributed by atoms with Gasteiger partial charge in [-0.15, -0.1) is 11.6 Å². The normalized spacial score (nSPS) is 26.9. The van der Waals surface area contributed by atoms with Crippen LogP contribution in [0.15, 0.2) is 0 Å². The molecule has 2 saturated heterocycles. The van der Waals surface area contributed by atoms with Crippen molar-refractivity contribution in [2.45, 2.75) is 43.9 Å². The van der Waals surface area contributed by atoms with Crippen LogP contribution in [0.2, 0.25) is 0 Å². The first-order valence-corrected chi connectivity index (χ1v) is 8.33. The Hall–Kier alpha value is 0.160. The second kappa shape index (κ2) is 5.87. The van der Waals surface area contributed by atoms with Crippen molar-refractivity contribution in [3.8, 4) is 0 Å². The van der Waals surface area contributed by atoms with Crippen LogP contribution in [-0.2, 0) is 10.2 Å². The van der Waals surface area contributed by atoms with Crippen LogP contribution in [0, 0.1) is 0 Å². The zero-order valence-electron chi connectivity index (χ0n) is 10.1. The molecule has 0 aromatic heterocycles. The fourth-order valence-electron chi connectivity index (χ4n) is 2.49. The van der Waals surface area contributed by atoms with Gasteiger partial charge in [0.2, 0.25) is 0 Å². The maximum absolute atomic E-state index is 12.4. The number of nitrogens with zero attached hydrogens (tertiary/aromatic N) is 2. The molecule has 2 aliphatic heterocycles. The number of halogens is 1. The molecule has 0 aromatic rings. The van der Waals surface area contributed by atoms with E-state index in [9.17, 15) is 8.42 Å². The monoisotopic (exact) mass is 280 g/mol. The Morgan fingerprint density at radius 3 is 1.82 bits per heavy atom. The topological polar surface area (TPSA) is 40.6 Å². The molecule has 6 heteroatoms. The largest absolute Gasteiger partial charge is 0.281 e. The fourth-order valence-corrected chi connectivity index (χ4v) is 4.40. The van der Waals surface area contributed by atoms with Crippen molar-refractivity contribution in [3.05, 3.63) is 0 Å². The number of rotatable bonds is 2. The molecule has 0 saturated carbocycles. The van der Waals surface area contributed by atoms with Crippen LogP contribution >= 0.6 is 11.6 Å². The van der Waals surface area contributed by atoms with E-state index in [2.05, 4.69) is 0 Å². The van der Waals surface area contributed by atoms with E-state index in [4.69, 9.17) is 11.6 Å². The number of piperidine rings is 1. The van der Waals surface area contributed by atoms with Crippen LogP contribution < -0.4 is 0 Å². The van der Waals surface area contributed by atoms with Crippen LogP contribution in [0.5, 0.6) is 0 Å². The van der Waals surface area contributed by atoms with E-state index in [0.717, 1.165) is 38.5 Å². The molecule has 17 heavy (non-hydrogen) atoms. The van der Waals surface area contributed by atoms with E-state index in [0.29, 0.717) is 26.2 Å². The molecule has 0 aliphatic carbocycles. The summed E-state index contributed by atoms with van der Waals surface area (Å²) in [7, 11) is -3.22. The molecule has 0 N–H and O–H groups in total. The molecule has 0 unspecified atom stereocenters. The molecule has 100 valence electrons. The maximum atomic E-state index is 12.4. The lowest BCUT2D eigenvalue weighted by molar-refractivity contribution is 0.307. The maximum Gasteiger partial charge on any atom is 0.281 e. The summed E-state index contributed by atoms with van der Waals surface area (Å²) in [5.74, 6) is 0. The van der Waals surface area contributed by atoms with Gasteiger partial charge in [-0.25, -0.2) is 0 Å². The molecule has 2 fully saturated rings. The molecule has 2 aliphatic rings. The first kappa shape index (κ1) is 13.6. The molecule has 0 atom stereocenters. The summed E-state index contributed by atoms with van der Waals surface area (Å²) in [5, 5.41) is 0.144. The molecule has 0 bridgehead atoms. The van der Waals surface area contributed by atoms with Crippen molar-refractivity contribution in [1.29, 1.82) is 0 Å². The van der Waals surface area contributed by atoms with Crippen LogP contribution in [0.1, 0.15) is 38.5 Å². The zero-order chi connectivity index (χ0) is 12.3. The first-order valence-electron chi connectivity index (χ1n) is 6.50. The van der Waals surface area contributed by atoms with Gasteiger partial charge >= 0.3 is 0 Å². The third-order valence-corrected chi connectivity index (χ3v) is 6.07. The second-order valence-corrected chi connectivity index (χ2v) is 7.44. The molecule has 2 rings (SSSR count). The van der Waals surface area contributed by atoms with Gasteiger partial charge in [0.1, 0.15) is 0 Å². The van der Waals surface area contributed by atoms with Gasteiger partial charge < -0.3 is 0 Å². The average Bonchev–Trinajstić information content (AvgIpc) is 2.58. The first-order chi connectivity index (χ1) is 8.10. The lowest BCUT2D eigenvalue weighted by Gasteiger charge is -2.32. The SMILES string of the molecule is O=S(=O)(N1CCCCCC1)N1CCC(Cl)CC1. The molecule has 0 spiro atoms. The average molecular weight is 281 g/mol. The van der Waals surface area contributed by atoms with Crippen LogP contribution in [-0.4, -0.2) is 48.6 Å². The fraction of sp³-hybridized carbons (Fsp3) is 1.00. The van der Waals surface area contributed by atoms with Gasteiger partial charge in [0, 0.05) is 31.6 Å². The van der Waals surface area contributed by atoms with E-state index in [1.54, 1.807) is 8.61 Å². The summed E-state index contributed by atoms with van der Waals surface area (Å²) < 4.78 is 28.1. The highest BCUT2D eigenvalue weighted by Crippen LogP contribution is 2.22. The van der Waals surface area contributed by atoms with Crippen LogP contribution in [0.4, 0.5) is 0 Å². The predicted molar refractivity (Wildman–Crippen MR) is 69.4 cm³/mol. The summed E-state index contributed by atoms with van der Waals surface area (Å²) in [4.78, 5) is 0. The quantitative estimate of drug-likeness (QED) is 0.724. The Balaban J connectivity index is 2.01. The molecule has 2 heterocycles. The van der Waals surface area contributed by atoms with Crippen molar-refractivity contribution in [2.75, 3.05) is 26.2 Å². The Morgan fingerprint density at radius 1 is 0.824 bits per heavy atom. The Kier molecular flexibility index (Phi) is 4.69. The minimum absolute atomic E-state index is 0.144. The highest BCUT2D eigenvalue weighted by atomic mass is 35.5. The zero-order valence-corrected chi connectivity index (χ0v) is 11.7. The minimum atomic E-state index is -3.22. The summed E-state index contributed by atoms with van der Waals surface area (Å²) in [6.45, 7) is 2.52. The third-order valence-electron chi connectivity index (χ3n) is 3.60. The number of alkyl halides is 1. The van der Waals surface area contributed by atoms with Crippen LogP contribution in [0.3, 0.4) is 0 Å². The molecule has 0 aromatic carbocycles. The molecular formula is C11H21ClN2O2S. The van der Waals surface area contributed by atoms with Gasteiger partial charge in [0.25, 0.3) is 10.2 Å². The van der Waals surface area contributed by atoms with Gasteiger partial charge in [-0.1, -0.05) is 12.8 Å². The number of hydrogen-bond donors (Lipinski definition) is 0. The summed E-state index contributed by atoms with van der Waals surface area (Å²) in [5.41, 5.74) is 0. The van der Waals surface area contributed by atoms with E-state index < -0.39 is 10.2 Å². The van der Waals surface area contributed by atoms with Gasteiger partial charge in [-0.2, -0.15) is 17.0 Å². The molecular weight excluding hydrogens is 260 g/mol. The highest BCUT2D eigenvalue weighted by Gasteiger charge is 2.32. The van der Waals surface area contributed by atoms with Crippen molar-refractivity contribution in [1.82, 2.24) is 8.61 Å². The van der Waals surface area contributed by atoms with E-state index >= 15 is 0 Å². The van der Waals surface area contributed by atoms with Gasteiger partial charge in [0.05, 0.1) is 0 Å². The van der Waals surface area contributed by atoms with E-state index in [1.807, 2.05) is 0 Å². The minimum Gasteiger partial charge on any atom is -0.195 e. The van der Waals surface area contributed by atoms with E-state index in [1.165, 1.54) is 0 Å². The van der Waals surface area contributed by atoms with Crippen molar-refractivity contribution < 1.29 is 8.42 Å². The lowest BCUT2D eigenvalue weighted by Crippen LogP contribution is -2.47. The van der Waals surface area contributed by atoms with Crippen LogP contribution in [0.25, 0.3) is 0 Å². The summed E-state index contributed by atoms with van der Waals surface area (Å²) in [6.07, 6.45) is 5.82. The summed E-state index contributed by atoms with van der Waals surface area (Å²) in [6, 6.07) is 0. The van der Waals surface area contributed by atoms with Crippen molar-refractivity contribution >= 4 is 21.8 Å². The third kappa shape index (κ3) is 3.34. The predicted octanol–water partition coefficient (Wildman–Crippen LogP) is 1.81. The van der Waals surface area contributed by atoms with E-state index in [-0.39, 0.29) is 5.38 Å². The van der Waals surface area contributed by atoms with Gasteiger partial charge in [-0.05, 0) is 25.7 Å². The number of hydrogen-bond acceptors (Lipinski definition) is 2. The van der Waals surface area contributed by atoms with Crippen molar-refractivity contribution in [3.63, 3.8) is 0 Å². The Morgan fingerprint density at radius 2 is 1.29 bits per heavy atom. The molecule has 0 radical (unpaired) electrons. The van der Waals surface area contributed by atoms with Gasteiger partial charge in [0.15, 0.2) is 0 Å². The molecule has 4 nitrogen and oxygen atoms in total. The standard InChI is InChI=1S/C11H21ClN2O2S/c12-11-5-9-14(10-6-11)17(15,16)13-7-3-1-2-4-8-13/h11H,1-10H2. The Bertz CT molecular complexity index is 331. The van der Waals surface area contributed by atoms with Crippen molar-refractivity contribution in [2.24, 2.45) is 0 Å². The smallest absolute Gasteiger partial charge is 0.195 e. The second-order valence-electron chi connectivity index (χ2n) is 4.89. The Labute approximate surface area is 109 Å². The highest BCUT2D eigenvalue weighted by molar-refractivity contribution is 7.86. The summed E-state index contributed by atoms with van der Waals surface area (Å²) >= 11 is 6.01.